The average Bonchev–Trinajstić information content (AvgIpc) is 2.63. The highest BCUT2D eigenvalue weighted by Gasteiger charge is 2.08. The van der Waals surface area contributed by atoms with Crippen LogP contribution in [0.5, 0.6) is 5.75 Å². The van der Waals surface area contributed by atoms with E-state index in [0.29, 0.717) is 17.3 Å². The number of aryl methyl sites for hydroxylation is 1. The molecule has 6 heteroatoms. The maximum atomic E-state index is 8.90. The van der Waals surface area contributed by atoms with Crippen LogP contribution in [0.25, 0.3) is 0 Å². The van der Waals surface area contributed by atoms with Crippen molar-refractivity contribution in [1.82, 2.24) is 9.97 Å². The predicted octanol–water partition coefficient (Wildman–Crippen LogP) is 4.93. The number of nitriles is 1. The van der Waals surface area contributed by atoms with Gasteiger partial charge >= 0.3 is 0 Å². The van der Waals surface area contributed by atoms with Crippen molar-refractivity contribution < 1.29 is 4.74 Å². The molecule has 0 fully saturated rings. The van der Waals surface area contributed by atoms with Crippen LogP contribution < -0.4 is 15.4 Å². The Morgan fingerprint density at radius 2 is 1.74 bits per heavy atom. The Balaban J connectivity index is 1.82. The number of rotatable bonds is 6. The number of nitrogens with zero attached hydrogens (tertiary/aromatic N) is 3. The predicted molar refractivity (Wildman–Crippen MR) is 107 cm³/mol. The summed E-state index contributed by atoms with van der Waals surface area (Å²) in [4.78, 5) is 8.99. The molecule has 0 amide bonds. The molecule has 6 nitrogen and oxygen atoms in total. The molecular formula is C21H21N5O. The van der Waals surface area contributed by atoms with Gasteiger partial charge in [-0.3, -0.25) is 0 Å². The van der Waals surface area contributed by atoms with E-state index in [9.17, 15) is 0 Å². The molecular weight excluding hydrogens is 338 g/mol. The van der Waals surface area contributed by atoms with Gasteiger partial charge in [-0.2, -0.15) is 10.2 Å². The van der Waals surface area contributed by atoms with Crippen LogP contribution in [0.4, 0.5) is 23.1 Å². The summed E-state index contributed by atoms with van der Waals surface area (Å²) >= 11 is 0. The molecule has 0 unspecified atom stereocenters. The Hall–Kier alpha value is -3.59. The largest absolute Gasteiger partial charge is 0.489 e. The first-order valence-electron chi connectivity index (χ1n) is 8.69. The minimum Gasteiger partial charge on any atom is -0.489 e. The van der Waals surface area contributed by atoms with E-state index >= 15 is 0 Å². The lowest BCUT2D eigenvalue weighted by molar-refractivity contribution is 0.244. The Bertz CT molecular complexity index is 961. The molecule has 0 aliphatic carbocycles. The van der Waals surface area contributed by atoms with Crippen LogP contribution in [0.15, 0.2) is 54.6 Å². The van der Waals surface area contributed by atoms with Crippen molar-refractivity contribution >= 4 is 23.1 Å². The monoisotopic (exact) mass is 359 g/mol. The van der Waals surface area contributed by atoms with E-state index in [4.69, 9.17) is 10.00 Å². The standard InChI is InChI=1S/C21H21N5O/c1-14(2)27-19-7-5-4-6-18(19)25-21-23-15(3)12-20(26-21)24-17-10-8-16(13-22)9-11-17/h4-12,14H,1-3H3,(H2,23,24,25,26). The molecule has 27 heavy (non-hydrogen) atoms. The first-order chi connectivity index (χ1) is 13.0. The topological polar surface area (TPSA) is 82.9 Å². The second-order valence-corrected chi connectivity index (χ2v) is 6.32. The summed E-state index contributed by atoms with van der Waals surface area (Å²) < 4.78 is 5.84. The molecule has 1 heterocycles. The van der Waals surface area contributed by atoms with Crippen LogP contribution >= 0.6 is 0 Å². The zero-order valence-electron chi connectivity index (χ0n) is 15.5. The van der Waals surface area contributed by atoms with E-state index in [1.165, 1.54) is 0 Å². The molecule has 2 N–H and O–H groups in total. The van der Waals surface area contributed by atoms with Crippen LogP contribution in [0, 0.1) is 18.3 Å². The number of benzene rings is 2. The molecule has 136 valence electrons. The first-order valence-corrected chi connectivity index (χ1v) is 8.69. The summed E-state index contributed by atoms with van der Waals surface area (Å²) in [7, 11) is 0. The summed E-state index contributed by atoms with van der Waals surface area (Å²) in [5, 5.41) is 15.4. The zero-order chi connectivity index (χ0) is 19.2. The second kappa shape index (κ2) is 8.19. The fraction of sp³-hybridized carbons (Fsp3) is 0.190. The third kappa shape index (κ3) is 4.95. The number of para-hydroxylation sites is 2. The van der Waals surface area contributed by atoms with Crippen LogP contribution in [-0.2, 0) is 0 Å². The summed E-state index contributed by atoms with van der Waals surface area (Å²) in [5.41, 5.74) is 3.09. The van der Waals surface area contributed by atoms with Gasteiger partial charge in [-0.25, -0.2) is 4.98 Å². The van der Waals surface area contributed by atoms with Gasteiger partial charge in [0.05, 0.1) is 23.4 Å². The highest BCUT2D eigenvalue weighted by atomic mass is 16.5. The molecule has 2 aromatic carbocycles. The summed E-state index contributed by atoms with van der Waals surface area (Å²) in [6, 6.07) is 18.9. The number of hydrogen-bond donors (Lipinski definition) is 2. The number of anilines is 4. The van der Waals surface area contributed by atoms with Gasteiger partial charge in [-0.05, 0) is 57.2 Å². The van der Waals surface area contributed by atoms with Crippen molar-refractivity contribution in [3.05, 3.63) is 65.9 Å². The SMILES string of the molecule is Cc1cc(Nc2ccc(C#N)cc2)nc(Nc2ccccc2OC(C)C)n1. The lowest BCUT2D eigenvalue weighted by atomic mass is 10.2. The maximum Gasteiger partial charge on any atom is 0.229 e. The molecule has 0 saturated heterocycles. The van der Waals surface area contributed by atoms with E-state index < -0.39 is 0 Å². The van der Waals surface area contributed by atoms with Crippen molar-refractivity contribution in [2.45, 2.75) is 26.9 Å². The minimum atomic E-state index is 0.0694. The Morgan fingerprint density at radius 1 is 1.00 bits per heavy atom. The lowest BCUT2D eigenvalue weighted by Crippen LogP contribution is -2.08. The zero-order valence-corrected chi connectivity index (χ0v) is 15.5. The molecule has 3 rings (SSSR count). The van der Waals surface area contributed by atoms with Crippen molar-refractivity contribution in [2.75, 3.05) is 10.6 Å². The summed E-state index contributed by atoms with van der Waals surface area (Å²) in [6.07, 6.45) is 0.0694. The van der Waals surface area contributed by atoms with E-state index in [-0.39, 0.29) is 6.10 Å². The van der Waals surface area contributed by atoms with Crippen molar-refractivity contribution in [3.8, 4) is 11.8 Å². The smallest absolute Gasteiger partial charge is 0.229 e. The van der Waals surface area contributed by atoms with E-state index in [2.05, 4.69) is 26.7 Å². The second-order valence-electron chi connectivity index (χ2n) is 6.32. The molecule has 0 aliphatic heterocycles. The van der Waals surface area contributed by atoms with Gasteiger partial charge < -0.3 is 15.4 Å². The Morgan fingerprint density at radius 3 is 2.44 bits per heavy atom. The van der Waals surface area contributed by atoms with Gasteiger partial charge in [-0.15, -0.1) is 0 Å². The fourth-order valence-corrected chi connectivity index (χ4v) is 2.51. The van der Waals surface area contributed by atoms with Crippen molar-refractivity contribution in [2.24, 2.45) is 0 Å². The Labute approximate surface area is 158 Å². The van der Waals surface area contributed by atoms with Gasteiger partial charge in [-0.1, -0.05) is 12.1 Å². The molecule has 1 aromatic heterocycles. The van der Waals surface area contributed by atoms with Gasteiger partial charge in [0.25, 0.3) is 0 Å². The first kappa shape index (κ1) is 18.2. The van der Waals surface area contributed by atoms with Crippen molar-refractivity contribution in [1.29, 1.82) is 5.26 Å². The van der Waals surface area contributed by atoms with Crippen molar-refractivity contribution in [3.63, 3.8) is 0 Å². The molecule has 0 atom stereocenters. The number of nitrogens with one attached hydrogen (secondary N) is 2. The maximum absolute atomic E-state index is 8.90. The lowest BCUT2D eigenvalue weighted by Gasteiger charge is -2.15. The van der Waals surface area contributed by atoms with Crippen LogP contribution in [0.1, 0.15) is 25.1 Å². The molecule has 0 radical (unpaired) electrons. The van der Waals surface area contributed by atoms with Crippen LogP contribution in [0.2, 0.25) is 0 Å². The van der Waals surface area contributed by atoms with E-state index in [1.54, 1.807) is 12.1 Å². The number of ether oxygens (including phenoxy) is 1. The van der Waals surface area contributed by atoms with E-state index in [1.807, 2.05) is 63.2 Å². The van der Waals surface area contributed by atoms with Crippen LogP contribution in [-0.4, -0.2) is 16.1 Å². The van der Waals surface area contributed by atoms with E-state index in [0.717, 1.165) is 22.8 Å². The summed E-state index contributed by atoms with van der Waals surface area (Å²) in [5.74, 6) is 1.89. The molecule has 0 aliphatic rings. The van der Waals surface area contributed by atoms with Gasteiger partial charge in [0.15, 0.2) is 0 Å². The Kier molecular flexibility index (Phi) is 5.53. The minimum absolute atomic E-state index is 0.0694. The average molecular weight is 359 g/mol. The quantitative estimate of drug-likeness (QED) is 0.649. The third-order valence-corrected chi connectivity index (χ3v) is 3.64. The molecule has 3 aromatic rings. The van der Waals surface area contributed by atoms with Gasteiger partial charge in [0.2, 0.25) is 5.95 Å². The third-order valence-electron chi connectivity index (χ3n) is 3.64. The number of hydrogen-bond acceptors (Lipinski definition) is 6. The normalized spacial score (nSPS) is 10.3. The fourth-order valence-electron chi connectivity index (χ4n) is 2.51. The molecule has 0 bridgehead atoms. The highest BCUT2D eigenvalue weighted by Crippen LogP contribution is 2.28. The van der Waals surface area contributed by atoms with Gasteiger partial charge in [0, 0.05) is 17.4 Å². The van der Waals surface area contributed by atoms with Gasteiger partial charge in [0.1, 0.15) is 11.6 Å². The van der Waals surface area contributed by atoms with Crippen LogP contribution in [0.3, 0.4) is 0 Å². The molecule has 0 spiro atoms. The number of aromatic nitrogens is 2. The highest BCUT2D eigenvalue weighted by molar-refractivity contribution is 5.64. The summed E-state index contributed by atoms with van der Waals surface area (Å²) in [6.45, 7) is 5.88. The molecule has 0 saturated carbocycles.